The maximum absolute atomic E-state index is 13.4. The summed E-state index contributed by atoms with van der Waals surface area (Å²) < 4.78 is 49.1. The molecule has 0 amide bonds. The molecule has 0 fully saturated rings. The van der Waals surface area contributed by atoms with Gasteiger partial charge in [0.25, 0.3) is 0 Å². The third-order valence-corrected chi connectivity index (χ3v) is 3.87. The van der Waals surface area contributed by atoms with Crippen molar-refractivity contribution in [2.24, 2.45) is 0 Å². The summed E-state index contributed by atoms with van der Waals surface area (Å²) in [6.07, 6.45) is 1.12. The summed E-state index contributed by atoms with van der Waals surface area (Å²) >= 11 is 0. The molecule has 1 N–H and O–H groups in total. The molecule has 106 valence electrons. The minimum absolute atomic E-state index is 0.138. The van der Waals surface area contributed by atoms with Crippen LogP contribution in [0.25, 0.3) is 0 Å². The molecule has 0 unspecified atom stereocenters. The van der Waals surface area contributed by atoms with Gasteiger partial charge in [0.1, 0.15) is 11.6 Å². The standard InChI is InChI=1S/C14H13F2NO2S/c1-20(18,19)13-4-2-3-12(8-13)17-9-10-5-6-11(15)7-14(10)16/h2-8,17H,9H2,1H3. The molecule has 0 radical (unpaired) electrons. The van der Waals surface area contributed by atoms with Gasteiger partial charge in [-0.1, -0.05) is 12.1 Å². The molecule has 0 heterocycles. The Morgan fingerprint density at radius 2 is 1.85 bits per heavy atom. The fourth-order valence-electron chi connectivity index (χ4n) is 1.70. The lowest BCUT2D eigenvalue weighted by molar-refractivity contribution is 0.574. The molecule has 0 bridgehead atoms. The topological polar surface area (TPSA) is 46.2 Å². The smallest absolute Gasteiger partial charge is 0.175 e. The van der Waals surface area contributed by atoms with Gasteiger partial charge < -0.3 is 5.32 Å². The molecule has 2 rings (SSSR count). The van der Waals surface area contributed by atoms with E-state index in [-0.39, 0.29) is 11.4 Å². The highest BCUT2D eigenvalue weighted by atomic mass is 32.2. The highest BCUT2D eigenvalue weighted by molar-refractivity contribution is 7.90. The third kappa shape index (κ3) is 3.54. The van der Waals surface area contributed by atoms with Gasteiger partial charge in [-0.2, -0.15) is 0 Å². The van der Waals surface area contributed by atoms with Crippen LogP contribution in [0.15, 0.2) is 47.4 Å². The number of nitrogens with one attached hydrogen (secondary N) is 1. The van der Waals surface area contributed by atoms with Crippen LogP contribution in [0.1, 0.15) is 5.56 Å². The second-order valence-electron chi connectivity index (χ2n) is 4.39. The average molecular weight is 297 g/mol. The van der Waals surface area contributed by atoms with Crippen molar-refractivity contribution >= 4 is 15.5 Å². The summed E-state index contributed by atoms with van der Waals surface area (Å²) in [5.41, 5.74) is 0.854. The van der Waals surface area contributed by atoms with E-state index in [1.54, 1.807) is 12.1 Å². The molecule has 0 spiro atoms. The van der Waals surface area contributed by atoms with Crippen LogP contribution >= 0.6 is 0 Å². The van der Waals surface area contributed by atoms with Gasteiger partial charge in [-0.25, -0.2) is 17.2 Å². The van der Waals surface area contributed by atoms with Crippen LogP contribution < -0.4 is 5.32 Å². The van der Waals surface area contributed by atoms with Gasteiger partial charge in [0.2, 0.25) is 0 Å². The third-order valence-electron chi connectivity index (χ3n) is 2.76. The first-order valence-corrected chi connectivity index (χ1v) is 7.73. The van der Waals surface area contributed by atoms with Crippen LogP contribution in [-0.4, -0.2) is 14.7 Å². The number of benzene rings is 2. The number of rotatable bonds is 4. The van der Waals surface area contributed by atoms with Gasteiger partial charge in [0.15, 0.2) is 9.84 Å². The summed E-state index contributed by atoms with van der Waals surface area (Å²) in [6, 6.07) is 9.56. The van der Waals surface area contributed by atoms with Gasteiger partial charge in [-0.3, -0.25) is 0 Å². The van der Waals surface area contributed by atoms with Crippen molar-refractivity contribution in [3.63, 3.8) is 0 Å². The molecular formula is C14H13F2NO2S. The Kier molecular flexibility index (Phi) is 4.04. The van der Waals surface area contributed by atoms with E-state index in [1.807, 2.05) is 0 Å². The molecule has 0 aliphatic rings. The van der Waals surface area contributed by atoms with E-state index in [0.29, 0.717) is 11.3 Å². The Hall–Kier alpha value is -1.95. The van der Waals surface area contributed by atoms with Crippen molar-refractivity contribution in [1.82, 2.24) is 0 Å². The fraction of sp³-hybridized carbons (Fsp3) is 0.143. The van der Waals surface area contributed by atoms with E-state index < -0.39 is 21.5 Å². The summed E-state index contributed by atoms with van der Waals surface area (Å²) in [5, 5.41) is 2.91. The first kappa shape index (κ1) is 14.5. The van der Waals surface area contributed by atoms with Crippen LogP contribution in [0.2, 0.25) is 0 Å². The van der Waals surface area contributed by atoms with Crippen molar-refractivity contribution in [1.29, 1.82) is 0 Å². The molecule has 2 aromatic rings. The fourth-order valence-corrected chi connectivity index (χ4v) is 2.37. The number of anilines is 1. The van der Waals surface area contributed by atoms with E-state index in [2.05, 4.69) is 5.32 Å². The number of hydrogen-bond donors (Lipinski definition) is 1. The molecule has 0 saturated heterocycles. The van der Waals surface area contributed by atoms with E-state index in [4.69, 9.17) is 0 Å². The highest BCUT2D eigenvalue weighted by Crippen LogP contribution is 2.17. The first-order chi connectivity index (χ1) is 9.36. The van der Waals surface area contributed by atoms with Crippen LogP contribution in [0.4, 0.5) is 14.5 Å². The minimum atomic E-state index is -3.29. The van der Waals surface area contributed by atoms with Crippen LogP contribution in [-0.2, 0) is 16.4 Å². The normalized spacial score (nSPS) is 11.3. The second kappa shape index (κ2) is 5.58. The van der Waals surface area contributed by atoms with Crippen LogP contribution in [0, 0.1) is 11.6 Å². The Morgan fingerprint density at radius 1 is 1.10 bits per heavy atom. The molecule has 0 aliphatic carbocycles. The average Bonchev–Trinajstić information content (AvgIpc) is 2.37. The lowest BCUT2D eigenvalue weighted by Gasteiger charge is -2.08. The van der Waals surface area contributed by atoms with Gasteiger partial charge in [-0.15, -0.1) is 0 Å². The van der Waals surface area contributed by atoms with Gasteiger partial charge in [-0.05, 0) is 24.3 Å². The monoisotopic (exact) mass is 297 g/mol. The maximum atomic E-state index is 13.4. The SMILES string of the molecule is CS(=O)(=O)c1cccc(NCc2ccc(F)cc2F)c1. The zero-order valence-electron chi connectivity index (χ0n) is 10.7. The Balaban J connectivity index is 2.15. The van der Waals surface area contributed by atoms with Crippen molar-refractivity contribution in [3.05, 3.63) is 59.7 Å². The number of hydrogen-bond acceptors (Lipinski definition) is 3. The lowest BCUT2D eigenvalue weighted by Crippen LogP contribution is -2.03. The highest BCUT2D eigenvalue weighted by Gasteiger charge is 2.08. The summed E-state index contributed by atoms with van der Waals surface area (Å²) in [7, 11) is -3.29. The number of halogens is 2. The zero-order chi connectivity index (χ0) is 14.8. The van der Waals surface area contributed by atoms with Gasteiger partial charge in [0.05, 0.1) is 4.90 Å². The molecule has 0 aliphatic heterocycles. The Bertz CT molecular complexity index is 730. The maximum Gasteiger partial charge on any atom is 0.175 e. The number of sulfone groups is 1. The van der Waals surface area contributed by atoms with Gasteiger partial charge >= 0.3 is 0 Å². The largest absolute Gasteiger partial charge is 0.381 e. The van der Waals surface area contributed by atoms with Crippen molar-refractivity contribution < 1.29 is 17.2 Å². The van der Waals surface area contributed by atoms with Crippen molar-refractivity contribution in [2.45, 2.75) is 11.4 Å². The first-order valence-electron chi connectivity index (χ1n) is 5.84. The summed E-state index contributed by atoms with van der Waals surface area (Å²) in [4.78, 5) is 0.182. The molecular weight excluding hydrogens is 284 g/mol. The van der Waals surface area contributed by atoms with Crippen LogP contribution in [0.3, 0.4) is 0 Å². The molecule has 2 aromatic carbocycles. The quantitative estimate of drug-likeness (QED) is 0.943. The second-order valence-corrected chi connectivity index (χ2v) is 6.41. The van der Waals surface area contributed by atoms with Crippen LogP contribution in [0.5, 0.6) is 0 Å². The zero-order valence-corrected chi connectivity index (χ0v) is 11.5. The lowest BCUT2D eigenvalue weighted by atomic mass is 10.2. The minimum Gasteiger partial charge on any atom is -0.381 e. The Morgan fingerprint density at radius 3 is 2.50 bits per heavy atom. The van der Waals surface area contributed by atoms with E-state index in [1.165, 1.54) is 24.3 Å². The predicted molar refractivity (Wildman–Crippen MR) is 73.2 cm³/mol. The van der Waals surface area contributed by atoms with Crippen molar-refractivity contribution in [3.8, 4) is 0 Å². The van der Waals surface area contributed by atoms with Gasteiger partial charge in [0, 0.05) is 30.1 Å². The molecule has 6 heteroatoms. The van der Waals surface area contributed by atoms with Crippen molar-refractivity contribution in [2.75, 3.05) is 11.6 Å². The summed E-state index contributed by atoms with van der Waals surface area (Å²) in [5.74, 6) is -1.28. The molecule has 3 nitrogen and oxygen atoms in total. The molecule has 20 heavy (non-hydrogen) atoms. The molecule has 0 atom stereocenters. The summed E-state index contributed by atoms with van der Waals surface area (Å²) in [6.45, 7) is 0.138. The van der Waals surface area contributed by atoms with E-state index in [0.717, 1.165) is 12.3 Å². The molecule has 0 aromatic heterocycles. The van der Waals surface area contributed by atoms with E-state index >= 15 is 0 Å². The predicted octanol–water partition coefficient (Wildman–Crippen LogP) is 2.98. The molecule has 0 saturated carbocycles. The Labute approximate surface area is 116 Å². The van der Waals surface area contributed by atoms with E-state index in [9.17, 15) is 17.2 Å².